The van der Waals surface area contributed by atoms with E-state index in [1.165, 1.54) is 0 Å². The number of nitrogens with zero attached hydrogens (tertiary/aromatic N) is 3. The number of nitro groups is 1. The number of aromatic hydroxyl groups is 2. The normalized spacial score (nSPS) is 11.0. The van der Waals surface area contributed by atoms with Crippen molar-refractivity contribution in [1.29, 1.82) is 0 Å². The van der Waals surface area contributed by atoms with Crippen molar-refractivity contribution in [2.45, 2.75) is 0 Å². The Morgan fingerprint density at radius 1 is 0.964 bits per heavy atom. The lowest BCUT2D eigenvalue weighted by Crippen LogP contribution is -2.06. The standard InChI is InChI=1S/C19H11N3O6/c23-15-8-11(7-14(18(15)24)22(27)28)16-17(19(25)26)21-13-6-10-4-2-1-3-9(10)5-12(13)20-16/h1-8,23-24H,(H,25,26). The van der Waals surface area contributed by atoms with E-state index >= 15 is 0 Å². The van der Waals surface area contributed by atoms with Crippen LogP contribution in [0.25, 0.3) is 33.1 Å². The van der Waals surface area contributed by atoms with E-state index in [-0.39, 0.29) is 11.3 Å². The molecule has 3 aromatic carbocycles. The van der Waals surface area contributed by atoms with Gasteiger partial charge in [-0.1, -0.05) is 24.3 Å². The van der Waals surface area contributed by atoms with Crippen molar-refractivity contribution in [1.82, 2.24) is 9.97 Å². The molecule has 4 rings (SSSR count). The van der Waals surface area contributed by atoms with Crippen LogP contribution in [0.2, 0.25) is 0 Å². The first kappa shape index (κ1) is 17.2. The molecular weight excluding hydrogens is 366 g/mol. The highest BCUT2D eigenvalue weighted by molar-refractivity contribution is 6.00. The van der Waals surface area contributed by atoms with Gasteiger partial charge in [0.25, 0.3) is 0 Å². The smallest absolute Gasteiger partial charge is 0.356 e. The highest BCUT2D eigenvalue weighted by atomic mass is 16.6. The largest absolute Gasteiger partial charge is 0.504 e. The SMILES string of the molecule is O=C(O)c1nc2cc3ccccc3cc2nc1-c1cc(O)c(O)c([N+](=O)[O-])c1. The summed E-state index contributed by atoms with van der Waals surface area (Å²) in [6, 6.07) is 12.8. The number of hydrogen-bond acceptors (Lipinski definition) is 7. The van der Waals surface area contributed by atoms with Crippen LogP contribution in [0.15, 0.2) is 48.5 Å². The van der Waals surface area contributed by atoms with E-state index in [0.717, 1.165) is 22.9 Å². The predicted octanol–water partition coefficient (Wildman–Crippen LogP) is 3.47. The number of hydrogen-bond donors (Lipinski definition) is 3. The van der Waals surface area contributed by atoms with Crippen LogP contribution in [0.5, 0.6) is 11.5 Å². The average molecular weight is 377 g/mol. The fraction of sp³-hybridized carbons (Fsp3) is 0. The van der Waals surface area contributed by atoms with Gasteiger partial charge in [0, 0.05) is 11.6 Å². The van der Waals surface area contributed by atoms with Crippen LogP contribution < -0.4 is 0 Å². The molecule has 0 amide bonds. The molecule has 9 nitrogen and oxygen atoms in total. The lowest BCUT2D eigenvalue weighted by atomic mass is 10.1. The van der Waals surface area contributed by atoms with E-state index in [1.54, 1.807) is 12.1 Å². The predicted molar refractivity (Wildman–Crippen MR) is 99.4 cm³/mol. The van der Waals surface area contributed by atoms with E-state index < -0.39 is 33.8 Å². The van der Waals surface area contributed by atoms with Crippen molar-refractivity contribution in [3.05, 3.63) is 64.3 Å². The highest BCUT2D eigenvalue weighted by Gasteiger charge is 2.24. The summed E-state index contributed by atoms with van der Waals surface area (Å²) in [5, 5.41) is 41.9. The molecule has 0 radical (unpaired) electrons. The van der Waals surface area contributed by atoms with Gasteiger partial charge in [0.2, 0.25) is 5.75 Å². The number of nitro benzene ring substituents is 1. The van der Waals surface area contributed by atoms with Crippen molar-refractivity contribution in [3.63, 3.8) is 0 Å². The lowest BCUT2D eigenvalue weighted by Gasteiger charge is -2.09. The Bertz CT molecular complexity index is 1300. The minimum Gasteiger partial charge on any atom is -0.504 e. The Morgan fingerprint density at radius 2 is 1.57 bits per heavy atom. The number of benzene rings is 3. The first-order chi connectivity index (χ1) is 13.3. The van der Waals surface area contributed by atoms with Crippen molar-refractivity contribution in [2.75, 3.05) is 0 Å². The third-order valence-electron chi connectivity index (χ3n) is 4.27. The third-order valence-corrected chi connectivity index (χ3v) is 4.27. The van der Waals surface area contributed by atoms with Crippen molar-refractivity contribution >= 4 is 33.5 Å². The van der Waals surface area contributed by atoms with E-state index in [2.05, 4.69) is 9.97 Å². The maximum absolute atomic E-state index is 11.7. The quantitative estimate of drug-likeness (QED) is 0.213. The molecule has 0 atom stereocenters. The zero-order valence-electron chi connectivity index (χ0n) is 14.0. The number of phenols is 2. The first-order valence-electron chi connectivity index (χ1n) is 7.99. The number of carbonyl (C=O) groups is 1. The second kappa shape index (κ2) is 6.16. The van der Waals surface area contributed by atoms with Gasteiger partial charge in [-0.3, -0.25) is 10.1 Å². The zero-order chi connectivity index (χ0) is 20.0. The molecule has 0 fully saturated rings. The van der Waals surface area contributed by atoms with Gasteiger partial charge < -0.3 is 15.3 Å². The molecule has 4 aromatic rings. The first-order valence-corrected chi connectivity index (χ1v) is 7.99. The Morgan fingerprint density at radius 3 is 2.14 bits per heavy atom. The second-order valence-electron chi connectivity index (χ2n) is 6.03. The number of phenolic OH excluding ortho intramolecular Hbond substituents is 2. The number of aromatic nitrogens is 2. The van der Waals surface area contributed by atoms with Gasteiger partial charge in [-0.2, -0.15) is 0 Å². The fourth-order valence-corrected chi connectivity index (χ4v) is 2.97. The molecule has 0 saturated heterocycles. The van der Waals surface area contributed by atoms with Crippen LogP contribution in [0, 0.1) is 10.1 Å². The zero-order valence-corrected chi connectivity index (χ0v) is 14.0. The number of fused-ring (bicyclic) bond motifs is 2. The summed E-state index contributed by atoms with van der Waals surface area (Å²) in [6.07, 6.45) is 0. The molecule has 3 N–H and O–H groups in total. The van der Waals surface area contributed by atoms with E-state index in [0.29, 0.717) is 11.0 Å². The van der Waals surface area contributed by atoms with Crippen molar-refractivity contribution < 1.29 is 25.0 Å². The Hall–Kier alpha value is -4.27. The number of aromatic carboxylic acids is 1. The molecule has 0 aliphatic rings. The number of carboxylic acids is 1. The summed E-state index contributed by atoms with van der Waals surface area (Å²) >= 11 is 0. The molecule has 0 bridgehead atoms. The summed E-state index contributed by atoms with van der Waals surface area (Å²) in [5.41, 5.74) is -0.684. The van der Waals surface area contributed by atoms with Crippen LogP contribution in [0.3, 0.4) is 0 Å². The fourth-order valence-electron chi connectivity index (χ4n) is 2.97. The Balaban J connectivity index is 2.05. The maximum atomic E-state index is 11.7. The van der Waals surface area contributed by atoms with Gasteiger partial charge in [0.15, 0.2) is 11.4 Å². The van der Waals surface area contributed by atoms with Crippen LogP contribution in [0.4, 0.5) is 5.69 Å². The molecule has 0 aliphatic carbocycles. The van der Waals surface area contributed by atoms with Gasteiger partial charge in [-0.05, 0) is 29.0 Å². The summed E-state index contributed by atoms with van der Waals surface area (Å²) in [6.45, 7) is 0. The van der Waals surface area contributed by atoms with Gasteiger partial charge in [-0.15, -0.1) is 0 Å². The van der Waals surface area contributed by atoms with Crippen LogP contribution >= 0.6 is 0 Å². The Labute approximate surface area is 156 Å². The van der Waals surface area contributed by atoms with Gasteiger partial charge >= 0.3 is 11.7 Å². The molecule has 1 heterocycles. The van der Waals surface area contributed by atoms with E-state index in [9.17, 15) is 30.2 Å². The molecule has 1 aromatic heterocycles. The van der Waals surface area contributed by atoms with Crippen LogP contribution in [-0.4, -0.2) is 36.2 Å². The van der Waals surface area contributed by atoms with E-state index in [1.807, 2.05) is 24.3 Å². The summed E-state index contributed by atoms with van der Waals surface area (Å²) < 4.78 is 0. The lowest BCUT2D eigenvalue weighted by molar-refractivity contribution is -0.385. The summed E-state index contributed by atoms with van der Waals surface area (Å²) in [5.74, 6) is -3.06. The second-order valence-corrected chi connectivity index (χ2v) is 6.03. The molecule has 138 valence electrons. The maximum Gasteiger partial charge on any atom is 0.356 e. The van der Waals surface area contributed by atoms with Crippen molar-refractivity contribution in [2.24, 2.45) is 0 Å². The number of carboxylic acid groups (broad SMARTS) is 1. The molecule has 0 aliphatic heterocycles. The van der Waals surface area contributed by atoms with Gasteiger partial charge in [-0.25, -0.2) is 14.8 Å². The average Bonchev–Trinajstić information content (AvgIpc) is 2.67. The number of rotatable bonds is 3. The summed E-state index contributed by atoms with van der Waals surface area (Å²) in [7, 11) is 0. The molecule has 0 saturated carbocycles. The Kier molecular flexibility index (Phi) is 3.78. The molecule has 28 heavy (non-hydrogen) atoms. The van der Waals surface area contributed by atoms with Gasteiger partial charge in [0.05, 0.1) is 16.0 Å². The summed E-state index contributed by atoms with van der Waals surface area (Å²) in [4.78, 5) is 30.4. The molecule has 0 spiro atoms. The van der Waals surface area contributed by atoms with Crippen molar-refractivity contribution in [3.8, 4) is 22.8 Å². The minimum absolute atomic E-state index is 0.0537. The van der Waals surface area contributed by atoms with E-state index in [4.69, 9.17) is 0 Å². The minimum atomic E-state index is -1.38. The molecular formula is C19H11N3O6. The highest BCUT2D eigenvalue weighted by Crippen LogP contribution is 2.40. The monoisotopic (exact) mass is 377 g/mol. The topological polar surface area (TPSA) is 147 Å². The molecule has 0 unspecified atom stereocenters. The third kappa shape index (κ3) is 2.71. The van der Waals surface area contributed by atoms with Crippen LogP contribution in [0.1, 0.15) is 10.5 Å². The van der Waals surface area contributed by atoms with Crippen LogP contribution in [-0.2, 0) is 0 Å². The van der Waals surface area contributed by atoms with Gasteiger partial charge in [0.1, 0.15) is 5.69 Å². The molecule has 9 heteroatoms.